The Bertz CT molecular complexity index is 835. The predicted molar refractivity (Wildman–Crippen MR) is 108 cm³/mol. The molecule has 0 aromatic heterocycles. The molecule has 28 heavy (non-hydrogen) atoms. The minimum atomic E-state index is -0.219. The van der Waals surface area contributed by atoms with Gasteiger partial charge in [-0.3, -0.25) is 9.59 Å². The summed E-state index contributed by atoms with van der Waals surface area (Å²) in [6.45, 7) is 11.1. The van der Waals surface area contributed by atoms with Gasteiger partial charge in [-0.05, 0) is 90.8 Å². The van der Waals surface area contributed by atoms with Crippen molar-refractivity contribution in [2.45, 2.75) is 59.3 Å². The highest BCUT2D eigenvalue weighted by Gasteiger charge is 2.76. The Balaban J connectivity index is 1.45. The third-order valence-corrected chi connectivity index (χ3v) is 9.61. The second-order valence-corrected chi connectivity index (χ2v) is 10.6. The molecule has 0 aliphatic heterocycles. The second-order valence-electron chi connectivity index (χ2n) is 10.6. The van der Waals surface area contributed by atoms with Crippen molar-refractivity contribution in [1.29, 1.82) is 0 Å². The molecule has 5 rings (SSSR count). The van der Waals surface area contributed by atoms with Crippen LogP contribution in [0.1, 0.15) is 59.3 Å². The number of allylic oxidation sites excluding steroid dienone is 4. The second kappa shape index (κ2) is 5.70. The Morgan fingerprint density at radius 3 is 2.75 bits per heavy atom. The molecule has 5 aliphatic carbocycles. The summed E-state index contributed by atoms with van der Waals surface area (Å²) in [7, 11) is 0. The molecule has 0 radical (unpaired) electrons. The number of fused-ring (bicyclic) bond motifs is 3. The zero-order valence-corrected chi connectivity index (χ0v) is 17.4. The summed E-state index contributed by atoms with van der Waals surface area (Å²) < 4.78 is 5.29. The lowest BCUT2D eigenvalue weighted by Crippen LogP contribution is -2.51. The van der Waals surface area contributed by atoms with E-state index in [2.05, 4.69) is 26.5 Å². The lowest BCUT2D eigenvalue weighted by atomic mass is 9.46. The van der Waals surface area contributed by atoms with Crippen LogP contribution in [0.3, 0.4) is 0 Å². The molecule has 4 fully saturated rings. The summed E-state index contributed by atoms with van der Waals surface area (Å²) >= 11 is 0. The van der Waals surface area contributed by atoms with E-state index in [1.807, 2.05) is 12.2 Å². The highest BCUT2D eigenvalue weighted by atomic mass is 16.5. The molecular weight excluding hydrogens is 348 g/mol. The van der Waals surface area contributed by atoms with E-state index in [-0.39, 0.29) is 22.6 Å². The Labute approximate surface area is 168 Å². The van der Waals surface area contributed by atoms with Gasteiger partial charge in [0.15, 0.2) is 5.78 Å². The molecule has 0 heterocycles. The topological polar surface area (TPSA) is 43.4 Å². The van der Waals surface area contributed by atoms with Crippen molar-refractivity contribution in [2.24, 2.45) is 39.9 Å². The first-order chi connectivity index (χ1) is 13.2. The van der Waals surface area contributed by atoms with Crippen LogP contribution >= 0.6 is 0 Å². The first kappa shape index (κ1) is 18.4. The number of esters is 1. The summed E-state index contributed by atoms with van der Waals surface area (Å²) in [5, 5.41) is 0. The number of hydrogen-bond donors (Lipinski definition) is 0. The van der Waals surface area contributed by atoms with Gasteiger partial charge in [0.2, 0.25) is 0 Å². The van der Waals surface area contributed by atoms with Gasteiger partial charge in [-0.2, -0.15) is 0 Å². The van der Waals surface area contributed by atoms with Crippen LogP contribution in [0.15, 0.2) is 36.0 Å². The fourth-order valence-corrected chi connectivity index (χ4v) is 8.43. The number of carbonyl (C=O) groups excluding carboxylic acids is 2. The van der Waals surface area contributed by atoms with Crippen molar-refractivity contribution in [1.82, 2.24) is 0 Å². The number of hydrogen-bond acceptors (Lipinski definition) is 3. The average molecular weight is 381 g/mol. The number of ether oxygens (including phenoxy) is 1. The SMILES string of the molecule is C=C(COC(C)=O)C1CCC2C3CCC4=CC(=O)C=CC4(C)C34CC4CC12C. The molecule has 0 aromatic carbocycles. The van der Waals surface area contributed by atoms with Crippen LogP contribution < -0.4 is 0 Å². The number of rotatable bonds is 3. The summed E-state index contributed by atoms with van der Waals surface area (Å²) in [5.74, 6) is 2.61. The third-order valence-electron chi connectivity index (χ3n) is 9.61. The number of carbonyl (C=O) groups is 2. The molecule has 0 saturated heterocycles. The standard InChI is InChI=1S/C25H32O3/c1-15(14-28-16(2)26)20-7-8-21-22-6-5-17-11-19(27)9-10-24(17,4)25(22)13-18(25)12-23(20,21)3/h9-11,18,20-22H,1,5-8,12-14H2,2-4H3. The lowest BCUT2D eigenvalue weighted by molar-refractivity contribution is -0.140. The fourth-order valence-electron chi connectivity index (χ4n) is 8.43. The Kier molecular flexibility index (Phi) is 3.75. The van der Waals surface area contributed by atoms with Crippen molar-refractivity contribution in [3.63, 3.8) is 0 Å². The molecule has 3 nitrogen and oxygen atoms in total. The number of ketones is 1. The fraction of sp³-hybridized carbons (Fsp3) is 0.680. The van der Waals surface area contributed by atoms with E-state index in [1.165, 1.54) is 44.6 Å². The lowest BCUT2D eigenvalue weighted by Gasteiger charge is -2.57. The van der Waals surface area contributed by atoms with E-state index < -0.39 is 0 Å². The highest BCUT2D eigenvalue weighted by molar-refractivity contribution is 6.01. The summed E-state index contributed by atoms with van der Waals surface area (Å²) in [4.78, 5) is 23.3. The van der Waals surface area contributed by atoms with E-state index in [9.17, 15) is 9.59 Å². The first-order valence-electron chi connectivity index (χ1n) is 11.0. The molecule has 5 aliphatic rings. The molecule has 0 N–H and O–H groups in total. The van der Waals surface area contributed by atoms with Crippen LogP contribution in [0.4, 0.5) is 0 Å². The van der Waals surface area contributed by atoms with Crippen molar-refractivity contribution >= 4 is 11.8 Å². The molecule has 0 amide bonds. The molecule has 1 spiro atoms. The molecule has 7 unspecified atom stereocenters. The van der Waals surface area contributed by atoms with Gasteiger partial charge in [0, 0.05) is 12.3 Å². The zero-order chi connectivity index (χ0) is 19.9. The van der Waals surface area contributed by atoms with E-state index in [0.29, 0.717) is 17.9 Å². The molecule has 7 atom stereocenters. The van der Waals surface area contributed by atoms with Crippen molar-refractivity contribution in [2.75, 3.05) is 6.61 Å². The molecule has 4 saturated carbocycles. The molecular formula is C25H32O3. The zero-order valence-electron chi connectivity index (χ0n) is 17.4. The molecule has 150 valence electrons. The Morgan fingerprint density at radius 1 is 1.21 bits per heavy atom. The van der Waals surface area contributed by atoms with Gasteiger partial charge in [-0.25, -0.2) is 0 Å². The van der Waals surface area contributed by atoms with Crippen molar-refractivity contribution < 1.29 is 14.3 Å². The van der Waals surface area contributed by atoms with Gasteiger partial charge in [0.1, 0.15) is 6.61 Å². The van der Waals surface area contributed by atoms with Crippen LogP contribution in [-0.4, -0.2) is 18.4 Å². The van der Waals surface area contributed by atoms with Crippen LogP contribution in [0.2, 0.25) is 0 Å². The van der Waals surface area contributed by atoms with Gasteiger partial charge in [-0.15, -0.1) is 0 Å². The van der Waals surface area contributed by atoms with E-state index >= 15 is 0 Å². The van der Waals surface area contributed by atoms with Crippen LogP contribution in [0.25, 0.3) is 0 Å². The van der Waals surface area contributed by atoms with Crippen molar-refractivity contribution in [3.05, 3.63) is 36.0 Å². The van der Waals surface area contributed by atoms with Crippen LogP contribution in [0, 0.1) is 39.9 Å². The van der Waals surface area contributed by atoms with Gasteiger partial charge < -0.3 is 4.74 Å². The minimum Gasteiger partial charge on any atom is -0.461 e. The summed E-state index contributed by atoms with van der Waals surface area (Å²) in [6.07, 6.45) is 13.3. The Morgan fingerprint density at radius 2 is 2.00 bits per heavy atom. The maximum atomic E-state index is 12.0. The molecule has 0 aromatic rings. The normalized spacial score (nSPS) is 48.0. The Hall–Kier alpha value is -1.64. The van der Waals surface area contributed by atoms with Crippen LogP contribution in [-0.2, 0) is 14.3 Å². The largest absolute Gasteiger partial charge is 0.461 e. The summed E-state index contributed by atoms with van der Waals surface area (Å²) in [5.41, 5.74) is 3.21. The van der Waals surface area contributed by atoms with E-state index in [4.69, 9.17) is 4.74 Å². The monoisotopic (exact) mass is 380 g/mol. The first-order valence-corrected chi connectivity index (χ1v) is 11.0. The quantitative estimate of drug-likeness (QED) is 0.509. The van der Waals surface area contributed by atoms with Gasteiger partial charge >= 0.3 is 5.97 Å². The van der Waals surface area contributed by atoms with E-state index in [1.54, 1.807) is 0 Å². The third kappa shape index (κ3) is 2.16. The van der Waals surface area contributed by atoms with Crippen LogP contribution in [0.5, 0.6) is 0 Å². The highest BCUT2D eigenvalue weighted by Crippen LogP contribution is 2.83. The smallest absolute Gasteiger partial charge is 0.302 e. The maximum absolute atomic E-state index is 12.0. The van der Waals surface area contributed by atoms with Gasteiger partial charge in [-0.1, -0.05) is 32.1 Å². The predicted octanol–water partition coefficient (Wildman–Crippen LogP) is 5.03. The molecule has 3 heteroatoms. The van der Waals surface area contributed by atoms with Gasteiger partial charge in [0.25, 0.3) is 0 Å². The minimum absolute atomic E-state index is 0.0721. The van der Waals surface area contributed by atoms with Crippen molar-refractivity contribution in [3.8, 4) is 0 Å². The van der Waals surface area contributed by atoms with E-state index in [0.717, 1.165) is 29.7 Å². The maximum Gasteiger partial charge on any atom is 0.302 e. The molecule has 0 bridgehead atoms. The average Bonchev–Trinajstić information content (AvgIpc) is 3.25. The summed E-state index contributed by atoms with van der Waals surface area (Å²) in [6, 6.07) is 0. The van der Waals surface area contributed by atoms with Gasteiger partial charge in [0.05, 0.1) is 0 Å².